The molecule has 136 valence electrons. The minimum Gasteiger partial charge on any atom is -0.491 e. The lowest BCUT2D eigenvalue weighted by molar-refractivity contribution is 0.00578. The Balaban J connectivity index is 1.70. The topological polar surface area (TPSA) is 68.2 Å². The van der Waals surface area contributed by atoms with Crippen LogP contribution in [0.15, 0.2) is 18.2 Å². The third kappa shape index (κ3) is 3.46. The van der Waals surface area contributed by atoms with Crippen molar-refractivity contribution in [2.75, 3.05) is 13.2 Å². The third-order valence-electron chi connectivity index (χ3n) is 5.25. The van der Waals surface area contributed by atoms with Crippen molar-refractivity contribution in [2.45, 2.75) is 51.4 Å². The van der Waals surface area contributed by atoms with E-state index in [4.69, 9.17) is 19.2 Å². The van der Waals surface area contributed by atoms with Gasteiger partial charge in [-0.2, -0.15) is 0 Å². The lowest BCUT2D eigenvalue weighted by Crippen LogP contribution is -2.53. The maximum Gasteiger partial charge on any atom is 0.495 e. The fraction of sp³-hybridized carbons (Fsp3) is 0.588. The van der Waals surface area contributed by atoms with Gasteiger partial charge >= 0.3 is 13.2 Å². The molecule has 0 saturated carbocycles. The van der Waals surface area contributed by atoms with Gasteiger partial charge in [-0.15, -0.1) is 0 Å². The number of halogens is 1. The molecule has 1 atom stereocenters. The summed E-state index contributed by atoms with van der Waals surface area (Å²) >= 11 is 0. The average molecular weight is 351 g/mol. The van der Waals surface area contributed by atoms with Gasteiger partial charge in [0.1, 0.15) is 18.2 Å². The molecule has 3 rings (SSSR count). The van der Waals surface area contributed by atoms with Crippen molar-refractivity contribution in [3.05, 3.63) is 24.0 Å². The van der Waals surface area contributed by atoms with Crippen LogP contribution in [0.2, 0.25) is 0 Å². The van der Waals surface area contributed by atoms with E-state index in [9.17, 15) is 9.18 Å². The molecule has 1 N–H and O–H groups in total. The molecule has 2 heterocycles. The van der Waals surface area contributed by atoms with Gasteiger partial charge < -0.3 is 24.1 Å². The molecule has 0 unspecified atom stereocenters. The molecule has 8 heteroatoms. The summed E-state index contributed by atoms with van der Waals surface area (Å²) in [4.78, 5) is 12.3. The standard InChI is InChI=1S/C17H23BFNO5/c1-16(2)17(3,4)25-18(24-16)11-7-12(19)9-14(8-11)23-10-13-5-6-20(13)15(21)22/h7-9,13H,5-6,10H2,1-4H3,(H,21,22)/t13-/m0/s1. The second-order valence-corrected chi connectivity index (χ2v) is 7.54. The molecule has 2 aliphatic heterocycles. The Hall–Kier alpha value is -1.80. The SMILES string of the molecule is CC1(C)OB(c2cc(F)cc(OC[C@@H]3CCN3C(=O)O)c2)OC1(C)C. The number of carbonyl (C=O) groups is 1. The van der Waals surface area contributed by atoms with Gasteiger partial charge in [-0.1, -0.05) is 0 Å². The first-order valence-corrected chi connectivity index (χ1v) is 8.37. The number of amides is 1. The van der Waals surface area contributed by atoms with Crippen LogP contribution in [-0.2, 0) is 9.31 Å². The van der Waals surface area contributed by atoms with E-state index in [1.54, 1.807) is 6.07 Å². The second kappa shape index (κ2) is 6.18. The third-order valence-corrected chi connectivity index (χ3v) is 5.25. The van der Waals surface area contributed by atoms with E-state index >= 15 is 0 Å². The van der Waals surface area contributed by atoms with E-state index in [2.05, 4.69) is 0 Å². The average Bonchev–Trinajstić information content (AvgIpc) is 2.65. The highest BCUT2D eigenvalue weighted by Crippen LogP contribution is 2.36. The minimum absolute atomic E-state index is 0.193. The summed E-state index contributed by atoms with van der Waals surface area (Å²) in [6.45, 7) is 8.42. The molecule has 2 fully saturated rings. The van der Waals surface area contributed by atoms with Crippen molar-refractivity contribution in [1.82, 2.24) is 4.90 Å². The van der Waals surface area contributed by atoms with Crippen molar-refractivity contribution >= 4 is 18.7 Å². The van der Waals surface area contributed by atoms with Crippen LogP contribution in [0.25, 0.3) is 0 Å². The highest BCUT2D eigenvalue weighted by molar-refractivity contribution is 6.62. The Labute approximate surface area is 147 Å². The summed E-state index contributed by atoms with van der Waals surface area (Å²) in [5, 5.41) is 9.01. The molecular weight excluding hydrogens is 328 g/mol. The van der Waals surface area contributed by atoms with Gasteiger partial charge in [-0.3, -0.25) is 0 Å². The predicted octanol–water partition coefficient (Wildman–Crippen LogP) is 2.26. The molecule has 0 spiro atoms. The Kier molecular flexibility index (Phi) is 4.45. The Bertz CT molecular complexity index is 665. The Morgan fingerprint density at radius 3 is 2.48 bits per heavy atom. The molecule has 0 aliphatic carbocycles. The van der Waals surface area contributed by atoms with Crippen LogP contribution in [-0.4, -0.2) is 53.6 Å². The van der Waals surface area contributed by atoms with Gasteiger partial charge in [0, 0.05) is 12.6 Å². The predicted molar refractivity (Wildman–Crippen MR) is 90.7 cm³/mol. The molecule has 1 aromatic carbocycles. The van der Waals surface area contributed by atoms with Crippen LogP contribution >= 0.6 is 0 Å². The number of benzene rings is 1. The largest absolute Gasteiger partial charge is 0.495 e. The van der Waals surface area contributed by atoms with Gasteiger partial charge in [0.05, 0.1) is 17.2 Å². The van der Waals surface area contributed by atoms with E-state index in [0.29, 0.717) is 17.8 Å². The Morgan fingerprint density at radius 2 is 1.96 bits per heavy atom. The monoisotopic (exact) mass is 351 g/mol. The van der Waals surface area contributed by atoms with Crippen LogP contribution in [0.4, 0.5) is 9.18 Å². The maximum atomic E-state index is 14.0. The molecule has 1 amide bonds. The van der Waals surface area contributed by atoms with Crippen molar-refractivity contribution in [3.63, 3.8) is 0 Å². The number of hydrogen-bond donors (Lipinski definition) is 1. The number of nitrogens with zero attached hydrogens (tertiary/aromatic N) is 1. The van der Waals surface area contributed by atoms with Crippen LogP contribution in [0.1, 0.15) is 34.1 Å². The van der Waals surface area contributed by atoms with Crippen molar-refractivity contribution in [1.29, 1.82) is 0 Å². The normalized spacial score (nSPS) is 24.1. The van der Waals surface area contributed by atoms with Crippen LogP contribution in [0, 0.1) is 5.82 Å². The quantitative estimate of drug-likeness (QED) is 0.843. The first-order chi connectivity index (χ1) is 11.6. The zero-order valence-electron chi connectivity index (χ0n) is 14.9. The van der Waals surface area contributed by atoms with Gasteiger partial charge in [-0.25, -0.2) is 9.18 Å². The van der Waals surface area contributed by atoms with Gasteiger partial charge in [0.2, 0.25) is 0 Å². The Morgan fingerprint density at radius 1 is 1.32 bits per heavy atom. The summed E-state index contributed by atoms with van der Waals surface area (Å²) < 4.78 is 31.5. The maximum absolute atomic E-state index is 14.0. The molecule has 1 aromatic rings. The van der Waals surface area contributed by atoms with E-state index in [1.165, 1.54) is 17.0 Å². The van der Waals surface area contributed by atoms with E-state index in [-0.39, 0.29) is 12.6 Å². The fourth-order valence-corrected chi connectivity index (χ4v) is 2.84. The lowest BCUT2D eigenvalue weighted by atomic mass is 9.79. The summed E-state index contributed by atoms with van der Waals surface area (Å²) in [5.74, 6) is -0.118. The first-order valence-electron chi connectivity index (χ1n) is 8.37. The van der Waals surface area contributed by atoms with Crippen molar-refractivity contribution in [2.24, 2.45) is 0 Å². The highest BCUT2D eigenvalue weighted by atomic mass is 19.1. The first kappa shape index (κ1) is 18.0. The van der Waals surface area contributed by atoms with Crippen molar-refractivity contribution in [3.8, 4) is 5.75 Å². The minimum atomic E-state index is -0.961. The van der Waals surface area contributed by atoms with E-state index < -0.39 is 30.2 Å². The zero-order valence-corrected chi connectivity index (χ0v) is 14.9. The van der Waals surface area contributed by atoms with Gasteiger partial charge in [0.25, 0.3) is 0 Å². The van der Waals surface area contributed by atoms with Gasteiger partial charge in [0.15, 0.2) is 0 Å². The van der Waals surface area contributed by atoms with Crippen LogP contribution in [0.3, 0.4) is 0 Å². The highest BCUT2D eigenvalue weighted by Gasteiger charge is 2.51. The molecule has 6 nitrogen and oxygen atoms in total. The van der Waals surface area contributed by atoms with Gasteiger partial charge in [-0.05, 0) is 51.7 Å². The molecule has 0 bridgehead atoms. The van der Waals surface area contributed by atoms with E-state index in [0.717, 1.165) is 6.42 Å². The second-order valence-electron chi connectivity index (χ2n) is 7.54. The van der Waals surface area contributed by atoms with Crippen LogP contribution in [0.5, 0.6) is 5.75 Å². The van der Waals surface area contributed by atoms with E-state index in [1.807, 2.05) is 27.7 Å². The molecule has 0 radical (unpaired) electrons. The number of rotatable bonds is 4. The molecule has 2 aliphatic rings. The summed E-state index contributed by atoms with van der Waals surface area (Å²) in [5.41, 5.74) is -0.491. The molecule has 0 aromatic heterocycles. The summed E-state index contributed by atoms with van der Waals surface area (Å²) in [7, 11) is -0.678. The zero-order chi connectivity index (χ0) is 18.4. The smallest absolute Gasteiger partial charge is 0.491 e. The number of carboxylic acid groups (broad SMARTS) is 1. The number of likely N-dealkylation sites (tertiary alicyclic amines) is 1. The van der Waals surface area contributed by atoms with Crippen LogP contribution < -0.4 is 10.2 Å². The molecule has 25 heavy (non-hydrogen) atoms. The lowest BCUT2D eigenvalue weighted by Gasteiger charge is -2.38. The molecule has 2 saturated heterocycles. The fourth-order valence-electron chi connectivity index (χ4n) is 2.84. The number of hydrogen-bond acceptors (Lipinski definition) is 4. The summed E-state index contributed by atoms with van der Waals surface area (Å²) in [6, 6.07) is 4.12. The summed E-state index contributed by atoms with van der Waals surface area (Å²) in [6.07, 6.45) is -0.219. The van der Waals surface area contributed by atoms with Crippen molar-refractivity contribution < 1.29 is 28.3 Å². The number of ether oxygens (including phenoxy) is 1. The molecular formula is C17H23BFNO5.